The Bertz CT molecular complexity index is 1230. The zero-order valence-electron chi connectivity index (χ0n) is 22.1. The second-order valence-electron chi connectivity index (χ2n) is 10.0. The molecule has 3 aromatic carbocycles. The summed E-state index contributed by atoms with van der Waals surface area (Å²) in [4.78, 5) is 12.4. The van der Waals surface area contributed by atoms with Crippen molar-refractivity contribution in [3.8, 4) is 22.6 Å². The van der Waals surface area contributed by atoms with Crippen molar-refractivity contribution in [3.05, 3.63) is 83.2 Å². The molecule has 1 fully saturated rings. The molecule has 0 aromatic heterocycles. The molecule has 0 heterocycles. The van der Waals surface area contributed by atoms with Crippen molar-refractivity contribution >= 4 is 5.97 Å². The van der Waals surface area contributed by atoms with Gasteiger partial charge in [-0.25, -0.2) is 18.0 Å². The summed E-state index contributed by atoms with van der Waals surface area (Å²) in [5.41, 5.74) is 1.13. The summed E-state index contributed by atoms with van der Waals surface area (Å²) < 4.78 is 54.8. The average Bonchev–Trinajstić information content (AvgIpc) is 2.92. The quantitative estimate of drug-likeness (QED) is 0.151. The number of carbonyl (C=O) groups is 1. The Labute approximate surface area is 223 Å². The van der Waals surface area contributed by atoms with E-state index in [4.69, 9.17) is 9.47 Å². The molecule has 1 saturated carbocycles. The Balaban J connectivity index is 1.40. The van der Waals surface area contributed by atoms with E-state index in [1.807, 2.05) is 0 Å². The number of rotatable bonds is 10. The summed E-state index contributed by atoms with van der Waals surface area (Å²) >= 11 is 0. The van der Waals surface area contributed by atoms with Crippen molar-refractivity contribution in [1.82, 2.24) is 0 Å². The van der Waals surface area contributed by atoms with Crippen LogP contribution in [0.15, 0.2) is 54.6 Å². The average molecular weight is 525 g/mol. The molecule has 0 atom stereocenters. The summed E-state index contributed by atoms with van der Waals surface area (Å²) in [5, 5.41) is 0. The molecule has 0 bridgehead atoms. The van der Waals surface area contributed by atoms with E-state index >= 15 is 8.78 Å². The number of halogens is 3. The zero-order chi connectivity index (χ0) is 27.1. The van der Waals surface area contributed by atoms with Crippen molar-refractivity contribution in [2.45, 2.75) is 71.1 Å². The second kappa shape index (κ2) is 13.0. The molecular formula is C32H35F3O3. The van der Waals surface area contributed by atoms with Gasteiger partial charge in [0.1, 0.15) is 5.75 Å². The fourth-order valence-electron chi connectivity index (χ4n) is 5.32. The number of carbonyl (C=O) groups excluding carboxylic acids is 1. The first-order chi connectivity index (χ1) is 18.4. The Morgan fingerprint density at radius 3 is 2.26 bits per heavy atom. The Morgan fingerprint density at radius 1 is 0.868 bits per heavy atom. The van der Waals surface area contributed by atoms with Gasteiger partial charge in [-0.15, -0.1) is 0 Å². The minimum absolute atomic E-state index is 0.0359. The van der Waals surface area contributed by atoms with Crippen molar-refractivity contribution in [3.63, 3.8) is 0 Å². The highest BCUT2D eigenvalue weighted by molar-refractivity contribution is 5.91. The standard InChI is InChI=1S/C32H35F3O3/c1-3-5-6-7-21-8-10-22(11-9-21)26-17-18-27(31(35)30(26)34)23-12-15-25(16-13-23)38-32(36)24-14-19-29(37-4-2)28(33)20-24/h12-22H,3-11H2,1-2H3. The number of unbranched alkanes of at least 4 members (excludes halogenated alkanes) is 2. The maximum absolute atomic E-state index is 15.1. The Morgan fingerprint density at radius 2 is 1.61 bits per heavy atom. The summed E-state index contributed by atoms with van der Waals surface area (Å²) in [5.74, 6) is -2.00. The predicted octanol–water partition coefficient (Wildman–Crippen LogP) is 9.24. The molecule has 1 aliphatic rings. The van der Waals surface area contributed by atoms with E-state index in [1.165, 1.54) is 49.9 Å². The van der Waals surface area contributed by atoms with Gasteiger partial charge >= 0.3 is 5.97 Å². The molecule has 38 heavy (non-hydrogen) atoms. The van der Waals surface area contributed by atoms with Crippen molar-refractivity contribution < 1.29 is 27.4 Å². The van der Waals surface area contributed by atoms with Crippen molar-refractivity contribution in [2.75, 3.05) is 6.61 Å². The molecule has 0 amide bonds. The SMILES string of the molecule is CCCCCC1CCC(c2ccc(-c3ccc(OC(=O)c4ccc(OCC)c(F)c4)cc3)c(F)c2F)CC1. The fourth-order valence-corrected chi connectivity index (χ4v) is 5.32. The number of hydrogen-bond acceptors (Lipinski definition) is 3. The van der Waals surface area contributed by atoms with Crippen molar-refractivity contribution in [2.24, 2.45) is 5.92 Å². The minimum atomic E-state index is -0.859. The summed E-state index contributed by atoms with van der Waals surface area (Å²) in [7, 11) is 0. The van der Waals surface area contributed by atoms with E-state index in [0.29, 0.717) is 23.7 Å². The number of esters is 1. The first-order valence-electron chi connectivity index (χ1n) is 13.6. The number of benzene rings is 3. The van der Waals surface area contributed by atoms with E-state index < -0.39 is 23.4 Å². The van der Waals surface area contributed by atoms with Crippen LogP contribution in [0.1, 0.15) is 87.1 Å². The van der Waals surface area contributed by atoms with Crippen LogP contribution in [0.2, 0.25) is 0 Å². The van der Waals surface area contributed by atoms with Gasteiger partial charge in [-0.1, -0.05) is 56.9 Å². The third kappa shape index (κ3) is 6.58. The highest BCUT2D eigenvalue weighted by Gasteiger charge is 2.26. The maximum atomic E-state index is 15.1. The molecule has 202 valence electrons. The summed E-state index contributed by atoms with van der Waals surface area (Å²) in [6.45, 7) is 4.25. The van der Waals surface area contributed by atoms with E-state index in [1.54, 1.807) is 31.2 Å². The van der Waals surface area contributed by atoms with E-state index in [0.717, 1.165) is 31.7 Å². The largest absolute Gasteiger partial charge is 0.491 e. The molecule has 4 rings (SSSR count). The highest BCUT2D eigenvalue weighted by atomic mass is 19.2. The third-order valence-corrected chi connectivity index (χ3v) is 7.46. The van der Waals surface area contributed by atoms with Gasteiger partial charge in [0.25, 0.3) is 0 Å². The van der Waals surface area contributed by atoms with E-state index in [9.17, 15) is 9.18 Å². The lowest BCUT2D eigenvalue weighted by Gasteiger charge is -2.29. The summed E-state index contributed by atoms with van der Waals surface area (Å²) in [6.07, 6.45) is 8.88. The molecule has 0 radical (unpaired) electrons. The maximum Gasteiger partial charge on any atom is 0.343 e. The molecule has 1 aliphatic carbocycles. The molecular weight excluding hydrogens is 489 g/mol. The molecule has 3 aromatic rings. The topological polar surface area (TPSA) is 35.5 Å². The van der Waals surface area contributed by atoms with Gasteiger partial charge in [-0.05, 0) is 85.9 Å². The van der Waals surface area contributed by atoms with Gasteiger partial charge in [0, 0.05) is 5.56 Å². The molecule has 0 aliphatic heterocycles. The molecule has 0 spiro atoms. The van der Waals surface area contributed by atoms with Crippen LogP contribution in [0.3, 0.4) is 0 Å². The van der Waals surface area contributed by atoms with Crippen LogP contribution >= 0.6 is 0 Å². The zero-order valence-corrected chi connectivity index (χ0v) is 22.1. The molecule has 0 unspecified atom stereocenters. The fraction of sp³-hybridized carbons (Fsp3) is 0.406. The van der Waals surface area contributed by atoms with E-state index in [2.05, 4.69) is 6.92 Å². The van der Waals surface area contributed by atoms with Crippen LogP contribution in [0.25, 0.3) is 11.1 Å². The molecule has 0 saturated heterocycles. The smallest absolute Gasteiger partial charge is 0.343 e. The van der Waals surface area contributed by atoms with Gasteiger partial charge in [0.2, 0.25) is 0 Å². The van der Waals surface area contributed by atoms with Gasteiger partial charge < -0.3 is 9.47 Å². The molecule has 0 N–H and O–H groups in total. The first-order valence-corrected chi connectivity index (χ1v) is 13.6. The van der Waals surface area contributed by atoms with Gasteiger partial charge in [-0.2, -0.15) is 0 Å². The van der Waals surface area contributed by atoms with Crippen molar-refractivity contribution in [1.29, 1.82) is 0 Å². The second-order valence-corrected chi connectivity index (χ2v) is 10.0. The van der Waals surface area contributed by atoms with Crippen LogP contribution in [-0.2, 0) is 0 Å². The number of ether oxygens (including phenoxy) is 2. The third-order valence-electron chi connectivity index (χ3n) is 7.46. The lowest BCUT2D eigenvalue weighted by molar-refractivity contribution is 0.0734. The van der Waals surface area contributed by atoms with Crippen LogP contribution in [-0.4, -0.2) is 12.6 Å². The van der Waals surface area contributed by atoms with Crippen LogP contribution in [0.5, 0.6) is 11.5 Å². The Hall–Kier alpha value is -3.28. The predicted molar refractivity (Wildman–Crippen MR) is 143 cm³/mol. The monoisotopic (exact) mass is 524 g/mol. The number of hydrogen-bond donors (Lipinski definition) is 0. The minimum Gasteiger partial charge on any atom is -0.491 e. The molecule has 6 heteroatoms. The summed E-state index contributed by atoms with van der Waals surface area (Å²) in [6, 6.07) is 13.3. The van der Waals surface area contributed by atoms with Gasteiger partial charge in [0.15, 0.2) is 23.2 Å². The highest BCUT2D eigenvalue weighted by Crippen LogP contribution is 2.40. The normalized spacial score (nSPS) is 17.3. The van der Waals surface area contributed by atoms with Crippen LogP contribution < -0.4 is 9.47 Å². The van der Waals surface area contributed by atoms with Crippen LogP contribution in [0, 0.1) is 23.4 Å². The van der Waals surface area contributed by atoms with E-state index in [-0.39, 0.29) is 28.5 Å². The molecule has 3 nitrogen and oxygen atoms in total. The van der Waals surface area contributed by atoms with Gasteiger partial charge in [-0.3, -0.25) is 0 Å². The lowest BCUT2D eigenvalue weighted by Crippen LogP contribution is -2.15. The first kappa shape index (κ1) is 27.7. The van der Waals surface area contributed by atoms with Gasteiger partial charge in [0.05, 0.1) is 12.2 Å². The van der Waals surface area contributed by atoms with Crippen LogP contribution in [0.4, 0.5) is 13.2 Å². The lowest BCUT2D eigenvalue weighted by atomic mass is 9.76. The Kier molecular flexibility index (Phi) is 9.48.